The molecule has 94 valence electrons. The SMILES string of the molecule is Nc1ccc(NC(=O)c2cc3cccnc3[nH]2)cc1. The van der Waals surface area contributed by atoms with Gasteiger partial charge in [0.25, 0.3) is 5.91 Å². The highest BCUT2D eigenvalue weighted by Crippen LogP contribution is 2.15. The van der Waals surface area contributed by atoms with E-state index in [0.717, 1.165) is 5.39 Å². The van der Waals surface area contributed by atoms with E-state index in [2.05, 4.69) is 15.3 Å². The third-order valence-electron chi connectivity index (χ3n) is 2.81. The number of H-pyrrole nitrogens is 1. The molecule has 0 saturated heterocycles. The zero-order valence-electron chi connectivity index (χ0n) is 10.1. The van der Waals surface area contributed by atoms with Gasteiger partial charge in [0.2, 0.25) is 0 Å². The van der Waals surface area contributed by atoms with Crippen LogP contribution in [0.15, 0.2) is 48.7 Å². The number of fused-ring (bicyclic) bond motifs is 1. The van der Waals surface area contributed by atoms with Gasteiger partial charge < -0.3 is 16.0 Å². The number of rotatable bonds is 2. The van der Waals surface area contributed by atoms with E-state index >= 15 is 0 Å². The number of nitrogens with one attached hydrogen (secondary N) is 2. The maximum atomic E-state index is 12.1. The van der Waals surface area contributed by atoms with Crippen molar-refractivity contribution >= 4 is 28.3 Å². The van der Waals surface area contributed by atoms with Crippen LogP contribution in [0.4, 0.5) is 11.4 Å². The van der Waals surface area contributed by atoms with Crippen molar-refractivity contribution in [3.63, 3.8) is 0 Å². The van der Waals surface area contributed by atoms with E-state index < -0.39 is 0 Å². The third-order valence-corrected chi connectivity index (χ3v) is 2.81. The minimum Gasteiger partial charge on any atom is -0.399 e. The average Bonchev–Trinajstić information content (AvgIpc) is 2.85. The van der Waals surface area contributed by atoms with Crippen molar-refractivity contribution in [2.75, 3.05) is 11.1 Å². The first kappa shape index (κ1) is 11.3. The fourth-order valence-electron chi connectivity index (χ4n) is 1.84. The summed E-state index contributed by atoms with van der Waals surface area (Å²) in [6, 6.07) is 12.5. The van der Waals surface area contributed by atoms with E-state index in [9.17, 15) is 4.79 Å². The molecule has 0 aliphatic carbocycles. The van der Waals surface area contributed by atoms with Crippen LogP contribution >= 0.6 is 0 Å². The summed E-state index contributed by atoms with van der Waals surface area (Å²) in [4.78, 5) is 19.2. The fraction of sp³-hybridized carbons (Fsp3) is 0. The number of carbonyl (C=O) groups is 1. The zero-order chi connectivity index (χ0) is 13.2. The number of nitrogen functional groups attached to an aromatic ring is 1. The number of pyridine rings is 1. The monoisotopic (exact) mass is 252 g/mol. The van der Waals surface area contributed by atoms with Gasteiger partial charge in [-0.3, -0.25) is 4.79 Å². The lowest BCUT2D eigenvalue weighted by Gasteiger charge is -2.03. The van der Waals surface area contributed by atoms with Gasteiger partial charge in [-0.25, -0.2) is 4.98 Å². The lowest BCUT2D eigenvalue weighted by molar-refractivity contribution is 0.102. The molecule has 4 N–H and O–H groups in total. The van der Waals surface area contributed by atoms with E-state index in [0.29, 0.717) is 22.7 Å². The maximum Gasteiger partial charge on any atom is 0.272 e. The fourth-order valence-corrected chi connectivity index (χ4v) is 1.84. The van der Waals surface area contributed by atoms with Crippen LogP contribution in [0.2, 0.25) is 0 Å². The lowest BCUT2D eigenvalue weighted by Crippen LogP contribution is -2.12. The molecule has 0 spiro atoms. The number of carbonyl (C=O) groups excluding carboxylic acids is 1. The van der Waals surface area contributed by atoms with Crippen LogP contribution in [0.1, 0.15) is 10.5 Å². The predicted octanol–water partition coefficient (Wildman–Crippen LogP) is 2.40. The van der Waals surface area contributed by atoms with Gasteiger partial charge in [0, 0.05) is 23.0 Å². The van der Waals surface area contributed by atoms with E-state index in [4.69, 9.17) is 5.73 Å². The maximum absolute atomic E-state index is 12.1. The Morgan fingerprint density at radius 3 is 2.74 bits per heavy atom. The summed E-state index contributed by atoms with van der Waals surface area (Å²) >= 11 is 0. The molecule has 3 rings (SSSR count). The summed E-state index contributed by atoms with van der Waals surface area (Å²) in [5.74, 6) is -0.206. The smallest absolute Gasteiger partial charge is 0.272 e. The standard InChI is InChI=1S/C14H12N4O/c15-10-3-5-11(6-4-10)17-14(19)12-8-9-2-1-7-16-13(9)18-12/h1-8H,15H2,(H,16,18)(H,17,19). The van der Waals surface area contributed by atoms with Crippen molar-refractivity contribution in [2.45, 2.75) is 0 Å². The van der Waals surface area contributed by atoms with Crippen molar-refractivity contribution in [1.82, 2.24) is 9.97 Å². The van der Waals surface area contributed by atoms with Gasteiger partial charge in [-0.15, -0.1) is 0 Å². The quantitative estimate of drug-likeness (QED) is 0.612. The molecular formula is C14H12N4O. The molecule has 1 amide bonds. The highest BCUT2D eigenvalue weighted by atomic mass is 16.1. The molecule has 5 heteroatoms. The molecule has 0 aliphatic rings. The van der Waals surface area contributed by atoms with Gasteiger partial charge in [0.1, 0.15) is 11.3 Å². The Morgan fingerprint density at radius 2 is 2.00 bits per heavy atom. The summed E-state index contributed by atoms with van der Waals surface area (Å²) < 4.78 is 0. The Hall–Kier alpha value is -2.82. The van der Waals surface area contributed by atoms with Crippen LogP contribution in [0.3, 0.4) is 0 Å². The number of anilines is 2. The molecule has 19 heavy (non-hydrogen) atoms. The molecule has 2 heterocycles. The molecule has 0 unspecified atom stereocenters. The van der Waals surface area contributed by atoms with Crippen molar-refractivity contribution in [1.29, 1.82) is 0 Å². The first-order chi connectivity index (χ1) is 9.22. The second-order valence-corrected chi connectivity index (χ2v) is 4.20. The Labute approximate surface area is 109 Å². The minimum absolute atomic E-state index is 0.206. The number of hydrogen-bond donors (Lipinski definition) is 3. The Kier molecular flexibility index (Phi) is 2.64. The van der Waals surface area contributed by atoms with E-state index in [1.54, 1.807) is 36.5 Å². The van der Waals surface area contributed by atoms with Crippen LogP contribution in [0, 0.1) is 0 Å². The highest BCUT2D eigenvalue weighted by molar-refractivity contribution is 6.05. The molecule has 0 fully saturated rings. The molecule has 0 bridgehead atoms. The molecule has 0 aliphatic heterocycles. The Morgan fingerprint density at radius 1 is 1.21 bits per heavy atom. The summed E-state index contributed by atoms with van der Waals surface area (Å²) in [7, 11) is 0. The largest absolute Gasteiger partial charge is 0.399 e. The molecule has 5 nitrogen and oxygen atoms in total. The van der Waals surface area contributed by atoms with Crippen molar-refractivity contribution < 1.29 is 4.79 Å². The predicted molar refractivity (Wildman–Crippen MR) is 74.9 cm³/mol. The number of benzene rings is 1. The van der Waals surface area contributed by atoms with Gasteiger partial charge in [0.05, 0.1) is 0 Å². The van der Waals surface area contributed by atoms with Gasteiger partial charge in [-0.05, 0) is 42.5 Å². The van der Waals surface area contributed by atoms with Crippen molar-refractivity contribution in [3.05, 3.63) is 54.4 Å². The van der Waals surface area contributed by atoms with Crippen molar-refractivity contribution in [2.24, 2.45) is 0 Å². The van der Waals surface area contributed by atoms with Crippen LogP contribution in [0.5, 0.6) is 0 Å². The molecular weight excluding hydrogens is 240 g/mol. The zero-order valence-corrected chi connectivity index (χ0v) is 10.1. The van der Waals surface area contributed by atoms with E-state index in [1.807, 2.05) is 12.1 Å². The van der Waals surface area contributed by atoms with Gasteiger partial charge in [0.15, 0.2) is 0 Å². The summed E-state index contributed by atoms with van der Waals surface area (Å²) in [5.41, 5.74) is 8.13. The van der Waals surface area contributed by atoms with Crippen LogP contribution in [-0.2, 0) is 0 Å². The third kappa shape index (κ3) is 2.26. The molecule has 2 aromatic heterocycles. The topological polar surface area (TPSA) is 83.8 Å². The van der Waals surface area contributed by atoms with E-state index in [-0.39, 0.29) is 5.91 Å². The van der Waals surface area contributed by atoms with E-state index in [1.165, 1.54) is 0 Å². The molecule has 0 saturated carbocycles. The Bertz CT molecular complexity index is 698. The highest BCUT2D eigenvalue weighted by Gasteiger charge is 2.09. The number of hydrogen-bond acceptors (Lipinski definition) is 3. The van der Waals surface area contributed by atoms with Gasteiger partial charge in [-0.2, -0.15) is 0 Å². The number of amides is 1. The first-order valence-electron chi connectivity index (χ1n) is 5.83. The lowest BCUT2D eigenvalue weighted by atomic mass is 10.2. The molecule has 3 aromatic rings. The van der Waals surface area contributed by atoms with Gasteiger partial charge >= 0.3 is 0 Å². The second kappa shape index (κ2) is 4.45. The Balaban J connectivity index is 1.85. The number of aromatic nitrogens is 2. The van der Waals surface area contributed by atoms with Crippen LogP contribution in [0.25, 0.3) is 11.0 Å². The summed E-state index contributed by atoms with van der Waals surface area (Å²) in [6.45, 7) is 0. The number of nitrogens with two attached hydrogens (primary N) is 1. The first-order valence-corrected chi connectivity index (χ1v) is 5.83. The normalized spacial score (nSPS) is 10.5. The molecule has 0 radical (unpaired) electrons. The minimum atomic E-state index is -0.206. The van der Waals surface area contributed by atoms with Crippen LogP contribution in [-0.4, -0.2) is 15.9 Å². The average molecular weight is 252 g/mol. The second-order valence-electron chi connectivity index (χ2n) is 4.20. The van der Waals surface area contributed by atoms with Crippen LogP contribution < -0.4 is 11.1 Å². The number of nitrogens with zero attached hydrogens (tertiary/aromatic N) is 1. The van der Waals surface area contributed by atoms with Crippen molar-refractivity contribution in [3.8, 4) is 0 Å². The molecule has 1 aromatic carbocycles. The van der Waals surface area contributed by atoms with Gasteiger partial charge in [-0.1, -0.05) is 0 Å². The number of aromatic amines is 1. The molecule has 0 atom stereocenters. The summed E-state index contributed by atoms with van der Waals surface area (Å²) in [5, 5.41) is 3.70. The summed E-state index contributed by atoms with van der Waals surface area (Å²) in [6.07, 6.45) is 1.68.